The number of aryl methyl sites for hydroxylation is 1. The van der Waals surface area contributed by atoms with Crippen molar-refractivity contribution in [3.63, 3.8) is 0 Å². The summed E-state index contributed by atoms with van der Waals surface area (Å²) in [7, 11) is 0. The Morgan fingerprint density at radius 1 is 1.20 bits per heavy atom. The lowest BCUT2D eigenvalue weighted by Gasteiger charge is -2.11. The van der Waals surface area contributed by atoms with Crippen molar-refractivity contribution in [2.24, 2.45) is 0 Å². The van der Waals surface area contributed by atoms with Crippen LogP contribution >= 0.6 is 11.6 Å². The zero-order chi connectivity index (χ0) is 14.4. The largest absolute Gasteiger partial charge is 0.369 e. The molecular formula is C15H19ClN4. The van der Waals surface area contributed by atoms with E-state index in [0.717, 1.165) is 48.7 Å². The Hall–Kier alpha value is -1.68. The van der Waals surface area contributed by atoms with Gasteiger partial charge in [0.25, 0.3) is 0 Å². The summed E-state index contributed by atoms with van der Waals surface area (Å²) < 4.78 is 0. The highest BCUT2D eigenvalue weighted by Gasteiger charge is 2.08. The second-order valence-electron chi connectivity index (χ2n) is 4.65. The first-order valence-electron chi connectivity index (χ1n) is 6.87. The van der Waals surface area contributed by atoms with Crippen molar-refractivity contribution >= 4 is 17.4 Å². The summed E-state index contributed by atoms with van der Waals surface area (Å²) in [5, 5.41) is 3.86. The molecule has 0 bridgehead atoms. The fourth-order valence-electron chi connectivity index (χ4n) is 1.90. The van der Waals surface area contributed by atoms with Crippen LogP contribution in [0.1, 0.15) is 30.4 Å². The predicted molar refractivity (Wildman–Crippen MR) is 82.2 cm³/mol. The van der Waals surface area contributed by atoms with Gasteiger partial charge < -0.3 is 5.32 Å². The van der Waals surface area contributed by atoms with E-state index in [1.165, 1.54) is 0 Å². The second-order valence-corrected chi connectivity index (χ2v) is 5.01. The number of rotatable bonds is 6. The van der Waals surface area contributed by atoms with Gasteiger partial charge in [-0.25, -0.2) is 9.97 Å². The standard InChI is InChI=1S/C15H19ClN4/c1-3-6-13-19-14(16)11(2)15(20-13)18-10-8-12-7-4-5-9-17-12/h4-5,7,9H,3,6,8,10H2,1-2H3,(H,18,19,20). The zero-order valence-corrected chi connectivity index (χ0v) is 12.6. The molecule has 0 radical (unpaired) electrons. The van der Waals surface area contributed by atoms with E-state index in [-0.39, 0.29) is 0 Å². The third-order valence-corrected chi connectivity index (χ3v) is 3.37. The van der Waals surface area contributed by atoms with Gasteiger partial charge in [-0.2, -0.15) is 0 Å². The van der Waals surface area contributed by atoms with Gasteiger partial charge in [0.2, 0.25) is 0 Å². The highest BCUT2D eigenvalue weighted by molar-refractivity contribution is 6.30. The van der Waals surface area contributed by atoms with Gasteiger partial charge in [-0.05, 0) is 25.5 Å². The molecule has 0 fully saturated rings. The number of hydrogen-bond donors (Lipinski definition) is 1. The van der Waals surface area contributed by atoms with Gasteiger partial charge in [-0.1, -0.05) is 24.6 Å². The van der Waals surface area contributed by atoms with Crippen molar-refractivity contribution in [2.45, 2.75) is 33.1 Å². The van der Waals surface area contributed by atoms with Crippen molar-refractivity contribution in [3.8, 4) is 0 Å². The molecule has 2 aromatic heterocycles. The van der Waals surface area contributed by atoms with E-state index in [9.17, 15) is 0 Å². The molecule has 5 heteroatoms. The molecule has 0 saturated carbocycles. The lowest BCUT2D eigenvalue weighted by atomic mass is 10.2. The first kappa shape index (κ1) is 14.7. The molecule has 0 saturated heterocycles. The van der Waals surface area contributed by atoms with Gasteiger partial charge in [0, 0.05) is 36.8 Å². The Balaban J connectivity index is 2.01. The van der Waals surface area contributed by atoms with Crippen LogP contribution in [0, 0.1) is 6.92 Å². The van der Waals surface area contributed by atoms with Crippen molar-refractivity contribution < 1.29 is 0 Å². The molecule has 0 amide bonds. The third-order valence-electron chi connectivity index (χ3n) is 3.01. The molecule has 2 heterocycles. The van der Waals surface area contributed by atoms with Crippen LogP contribution in [0.3, 0.4) is 0 Å². The Bertz CT molecular complexity index is 557. The van der Waals surface area contributed by atoms with Crippen LogP contribution in [0.5, 0.6) is 0 Å². The average Bonchev–Trinajstić information content (AvgIpc) is 2.45. The first-order valence-corrected chi connectivity index (χ1v) is 7.25. The van der Waals surface area contributed by atoms with Crippen LogP contribution in [0.4, 0.5) is 5.82 Å². The van der Waals surface area contributed by atoms with Gasteiger partial charge in [0.15, 0.2) is 0 Å². The van der Waals surface area contributed by atoms with Gasteiger partial charge in [-0.15, -0.1) is 0 Å². The summed E-state index contributed by atoms with van der Waals surface area (Å²) >= 11 is 6.15. The third kappa shape index (κ3) is 3.90. The van der Waals surface area contributed by atoms with E-state index in [1.54, 1.807) is 0 Å². The SMILES string of the molecule is CCCc1nc(Cl)c(C)c(NCCc2ccccn2)n1. The zero-order valence-electron chi connectivity index (χ0n) is 11.9. The predicted octanol–water partition coefficient (Wildman–Crippen LogP) is 3.44. The molecule has 4 nitrogen and oxygen atoms in total. The average molecular weight is 291 g/mol. The van der Waals surface area contributed by atoms with Crippen LogP contribution in [0.2, 0.25) is 5.15 Å². The van der Waals surface area contributed by atoms with Gasteiger partial charge in [-0.3, -0.25) is 4.98 Å². The molecule has 1 N–H and O–H groups in total. The normalized spacial score (nSPS) is 10.6. The Morgan fingerprint density at radius 2 is 2.05 bits per heavy atom. The quantitative estimate of drug-likeness (QED) is 0.828. The van der Waals surface area contributed by atoms with Crippen molar-refractivity contribution in [1.82, 2.24) is 15.0 Å². The maximum atomic E-state index is 6.15. The van der Waals surface area contributed by atoms with Crippen molar-refractivity contribution in [3.05, 3.63) is 46.6 Å². The number of pyridine rings is 1. The first-order chi connectivity index (χ1) is 9.70. The number of halogens is 1. The summed E-state index contributed by atoms with van der Waals surface area (Å²) in [6.07, 6.45) is 4.51. The Morgan fingerprint density at radius 3 is 2.75 bits per heavy atom. The topological polar surface area (TPSA) is 50.7 Å². The Labute approximate surface area is 124 Å². The molecule has 106 valence electrons. The minimum absolute atomic E-state index is 0.531. The van der Waals surface area contributed by atoms with E-state index < -0.39 is 0 Å². The van der Waals surface area contributed by atoms with Crippen LogP contribution in [0.25, 0.3) is 0 Å². The Kier molecular flexibility index (Phi) is 5.30. The molecular weight excluding hydrogens is 272 g/mol. The minimum atomic E-state index is 0.531. The second kappa shape index (κ2) is 7.20. The number of aromatic nitrogens is 3. The number of nitrogens with zero attached hydrogens (tertiary/aromatic N) is 3. The minimum Gasteiger partial charge on any atom is -0.369 e. The van der Waals surface area contributed by atoms with E-state index in [2.05, 4.69) is 27.2 Å². The fraction of sp³-hybridized carbons (Fsp3) is 0.400. The van der Waals surface area contributed by atoms with E-state index in [1.807, 2.05) is 31.3 Å². The number of anilines is 1. The molecule has 0 aliphatic carbocycles. The van der Waals surface area contributed by atoms with Gasteiger partial charge in [0.05, 0.1) is 0 Å². The van der Waals surface area contributed by atoms with Crippen LogP contribution in [-0.2, 0) is 12.8 Å². The molecule has 0 aliphatic heterocycles. The molecule has 0 aromatic carbocycles. The van der Waals surface area contributed by atoms with E-state index >= 15 is 0 Å². The summed E-state index contributed by atoms with van der Waals surface area (Å²) in [5.41, 5.74) is 1.96. The molecule has 2 rings (SSSR count). The molecule has 0 unspecified atom stereocenters. The van der Waals surface area contributed by atoms with Crippen LogP contribution in [0.15, 0.2) is 24.4 Å². The lowest BCUT2D eigenvalue weighted by molar-refractivity contribution is 0.828. The van der Waals surface area contributed by atoms with Gasteiger partial charge >= 0.3 is 0 Å². The molecule has 20 heavy (non-hydrogen) atoms. The molecule has 0 aliphatic rings. The molecule has 2 aromatic rings. The highest BCUT2D eigenvalue weighted by Crippen LogP contribution is 2.20. The number of nitrogens with one attached hydrogen (secondary N) is 1. The van der Waals surface area contributed by atoms with Crippen LogP contribution < -0.4 is 5.32 Å². The smallest absolute Gasteiger partial charge is 0.137 e. The maximum Gasteiger partial charge on any atom is 0.137 e. The fourth-order valence-corrected chi connectivity index (χ4v) is 2.08. The maximum absolute atomic E-state index is 6.15. The van der Waals surface area contributed by atoms with Crippen molar-refractivity contribution in [1.29, 1.82) is 0 Å². The monoisotopic (exact) mass is 290 g/mol. The highest BCUT2D eigenvalue weighted by atomic mass is 35.5. The molecule has 0 atom stereocenters. The summed E-state index contributed by atoms with van der Waals surface area (Å²) in [5.74, 6) is 1.62. The molecule has 0 spiro atoms. The summed E-state index contributed by atoms with van der Waals surface area (Å²) in [6, 6.07) is 5.93. The number of hydrogen-bond acceptors (Lipinski definition) is 4. The van der Waals surface area contributed by atoms with Crippen molar-refractivity contribution in [2.75, 3.05) is 11.9 Å². The lowest BCUT2D eigenvalue weighted by Crippen LogP contribution is -2.11. The van der Waals surface area contributed by atoms with Crippen LogP contribution in [-0.4, -0.2) is 21.5 Å². The van der Waals surface area contributed by atoms with E-state index in [0.29, 0.717) is 5.15 Å². The van der Waals surface area contributed by atoms with E-state index in [4.69, 9.17) is 11.6 Å². The summed E-state index contributed by atoms with van der Waals surface area (Å²) in [6.45, 7) is 4.81. The summed E-state index contributed by atoms with van der Waals surface area (Å²) in [4.78, 5) is 13.1. The van der Waals surface area contributed by atoms with Gasteiger partial charge in [0.1, 0.15) is 16.8 Å².